The number of fused-ring (bicyclic) bond motifs is 1. The molecule has 2 heterocycles. The minimum Gasteiger partial charge on any atom is -0.295 e. The van der Waals surface area contributed by atoms with Crippen molar-refractivity contribution >= 4 is 0 Å². The Morgan fingerprint density at radius 3 is 2.72 bits per heavy atom. The van der Waals surface area contributed by atoms with Crippen LogP contribution in [-0.4, -0.2) is 33.0 Å². The van der Waals surface area contributed by atoms with Gasteiger partial charge < -0.3 is 0 Å². The topological polar surface area (TPSA) is 34.0 Å². The quantitative estimate of drug-likeness (QED) is 0.765. The second-order valence-corrected chi connectivity index (χ2v) is 5.24. The van der Waals surface area contributed by atoms with E-state index in [9.17, 15) is 0 Å². The third kappa shape index (κ3) is 1.42. The maximum absolute atomic E-state index is 4.31. The lowest BCUT2D eigenvalue weighted by Gasteiger charge is -2.45. The van der Waals surface area contributed by atoms with Gasteiger partial charge in [0.1, 0.15) is 5.54 Å². The highest BCUT2D eigenvalue weighted by Gasteiger charge is 2.42. The molecule has 0 saturated heterocycles. The molecule has 0 radical (unpaired) electrons. The lowest BCUT2D eigenvalue weighted by Crippen LogP contribution is -2.54. The zero-order valence-electron chi connectivity index (χ0n) is 11.0. The fraction of sp³-hybridized carbons (Fsp3) is 0.429. The highest BCUT2D eigenvalue weighted by molar-refractivity contribution is 5.29. The van der Waals surface area contributed by atoms with Gasteiger partial charge in [0, 0.05) is 12.6 Å². The summed E-state index contributed by atoms with van der Waals surface area (Å²) >= 11 is 0. The van der Waals surface area contributed by atoms with Crippen molar-refractivity contribution in [2.75, 3.05) is 7.05 Å². The van der Waals surface area contributed by atoms with E-state index < -0.39 is 0 Å². The highest BCUT2D eigenvalue weighted by atomic mass is 15.5. The molecular weight excluding hydrogens is 224 g/mol. The smallest absolute Gasteiger partial charge is 0.102 e. The van der Waals surface area contributed by atoms with Gasteiger partial charge in [0.2, 0.25) is 0 Å². The summed E-state index contributed by atoms with van der Waals surface area (Å²) in [4.78, 5) is 2.35. The molecule has 0 saturated carbocycles. The van der Waals surface area contributed by atoms with Crippen molar-refractivity contribution in [3.63, 3.8) is 0 Å². The van der Waals surface area contributed by atoms with Crippen LogP contribution in [0.1, 0.15) is 25.1 Å². The predicted molar refractivity (Wildman–Crippen MR) is 70.1 cm³/mol. The summed E-state index contributed by atoms with van der Waals surface area (Å²) in [6, 6.07) is 10.9. The van der Waals surface area contributed by atoms with Gasteiger partial charge in [-0.3, -0.25) is 4.90 Å². The Morgan fingerprint density at radius 2 is 2.00 bits per heavy atom. The maximum atomic E-state index is 4.31. The summed E-state index contributed by atoms with van der Waals surface area (Å²) in [6.07, 6.45) is 1.86. The van der Waals surface area contributed by atoms with Crippen LogP contribution in [0.2, 0.25) is 0 Å². The van der Waals surface area contributed by atoms with Crippen LogP contribution >= 0.6 is 0 Å². The van der Waals surface area contributed by atoms with E-state index >= 15 is 0 Å². The second-order valence-electron chi connectivity index (χ2n) is 5.24. The van der Waals surface area contributed by atoms with Crippen molar-refractivity contribution in [2.24, 2.45) is 0 Å². The summed E-state index contributed by atoms with van der Waals surface area (Å²) in [5, 5.41) is 8.39. The third-order valence-corrected chi connectivity index (χ3v) is 4.30. The Morgan fingerprint density at radius 1 is 1.28 bits per heavy atom. The fourth-order valence-corrected chi connectivity index (χ4v) is 2.89. The van der Waals surface area contributed by atoms with Gasteiger partial charge in [0.05, 0.1) is 11.9 Å². The normalized spacial score (nSPS) is 28.1. The average molecular weight is 242 g/mol. The molecule has 0 spiro atoms. The van der Waals surface area contributed by atoms with Crippen LogP contribution in [0.5, 0.6) is 0 Å². The molecule has 1 aliphatic rings. The lowest BCUT2D eigenvalue weighted by molar-refractivity contribution is 0.0899. The number of hydrogen-bond donors (Lipinski definition) is 0. The Hall–Kier alpha value is -1.68. The van der Waals surface area contributed by atoms with Gasteiger partial charge >= 0.3 is 0 Å². The largest absolute Gasteiger partial charge is 0.295 e. The molecule has 0 fully saturated rings. The molecule has 18 heavy (non-hydrogen) atoms. The Balaban J connectivity index is 2.21. The maximum Gasteiger partial charge on any atom is 0.102 e. The van der Waals surface area contributed by atoms with Crippen molar-refractivity contribution in [2.45, 2.75) is 32.0 Å². The summed E-state index contributed by atoms with van der Waals surface area (Å²) in [7, 11) is 2.16. The van der Waals surface area contributed by atoms with Gasteiger partial charge in [-0.05, 0) is 26.5 Å². The van der Waals surface area contributed by atoms with Gasteiger partial charge in [-0.15, -0.1) is 5.10 Å². The standard InChI is InChI=1S/C14H18N4/c1-11-14(2,12-7-5-4-6-8-12)18-13(9-15-16-18)10-17(11)3/h4-9,11H,10H2,1-3H3/t11-,14+/m0/s1. The summed E-state index contributed by atoms with van der Waals surface area (Å²) in [5.41, 5.74) is 2.28. The third-order valence-electron chi connectivity index (χ3n) is 4.30. The van der Waals surface area contributed by atoms with Gasteiger partial charge in [0.15, 0.2) is 0 Å². The first-order chi connectivity index (χ1) is 8.64. The van der Waals surface area contributed by atoms with Crippen LogP contribution in [0.4, 0.5) is 0 Å². The van der Waals surface area contributed by atoms with Crippen LogP contribution < -0.4 is 0 Å². The summed E-state index contributed by atoms with van der Waals surface area (Å²) in [5.74, 6) is 0. The number of benzene rings is 1. The van der Waals surface area contributed by atoms with E-state index in [-0.39, 0.29) is 5.54 Å². The minimum absolute atomic E-state index is 0.167. The number of nitrogens with zero attached hydrogens (tertiary/aromatic N) is 4. The van der Waals surface area contributed by atoms with Crippen molar-refractivity contribution in [1.82, 2.24) is 19.9 Å². The molecule has 1 aromatic heterocycles. The summed E-state index contributed by atoms with van der Waals surface area (Å²) < 4.78 is 2.08. The van der Waals surface area contributed by atoms with Gasteiger partial charge in [-0.25, -0.2) is 4.68 Å². The van der Waals surface area contributed by atoms with Crippen molar-refractivity contribution in [3.8, 4) is 0 Å². The molecule has 0 aliphatic carbocycles. The summed E-state index contributed by atoms with van der Waals surface area (Å²) in [6.45, 7) is 5.38. The number of rotatable bonds is 1. The fourth-order valence-electron chi connectivity index (χ4n) is 2.89. The number of hydrogen-bond acceptors (Lipinski definition) is 3. The van der Waals surface area contributed by atoms with Crippen LogP contribution in [-0.2, 0) is 12.1 Å². The van der Waals surface area contributed by atoms with E-state index in [4.69, 9.17) is 0 Å². The number of likely N-dealkylation sites (N-methyl/N-ethyl adjacent to an activating group) is 1. The molecule has 1 aliphatic heterocycles. The molecule has 94 valence electrons. The van der Waals surface area contributed by atoms with Crippen molar-refractivity contribution in [3.05, 3.63) is 47.8 Å². The molecule has 0 N–H and O–H groups in total. The van der Waals surface area contributed by atoms with Gasteiger partial charge in [-0.1, -0.05) is 35.5 Å². The molecule has 1 aromatic carbocycles. The zero-order chi connectivity index (χ0) is 12.8. The van der Waals surface area contributed by atoms with Crippen LogP contribution in [0.15, 0.2) is 36.5 Å². The Bertz CT molecular complexity index is 548. The number of aromatic nitrogens is 3. The molecule has 4 nitrogen and oxygen atoms in total. The van der Waals surface area contributed by atoms with Crippen LogP contribution in [0.25, 0.3) is 0 Å². The van der Waals surface area contributed by atoms with E-state index in [1.54, 1.807) is 0 Å². The molecular formula is C14H18N4. The highest BCUT2D eigenvalue weighted by Crippen LogP contribution is 2.36. The van der Waals surface area contributed by atoms with Crippen molar-refractivity contribution < 1.29 is 0 Å². The second kappa shape index (κ2) is 3.92. The van der Waals surface area contributed by atoms with E-state index in [1.165, 1.54) is 11.3 Å². The average Bonchev–Trinajstić information content (AvgIpc) is 2.86. The first kappa shape index (κ1) is 11.4. The molecule has 0 bridgehead atoms. The minimum atomic E-state index is -0.167. The lowest BCUT2D eigenvalue weighted by atomic mass is 9.83. The Kier molecular flexibility index (Phi) is 2.48. The SMILES string of the molecule is C[C@@H]1N(C)Cc2cnnn2[C@@]1(C)c1ccccc1. The predicted octanol–water partition coefficient (Wildman–Crippen LogP) is 1.88. The van der Waals surface area contributed by atoms with E-state index in [0.29, 0.717) is 6.04 Å². The van der Waals surface area contributed by atoms with Gasteiger partial charge in [-0.2, -0.15) is 0 Å². The first-order valence-electron chi connectivity index (χ1n) is 6.30. The Labute approximate surface area is 107 Å². The van der Waals surface area contributed by atoms with E-state index in [2.05, 4.69) is 65.1 Å². The monoisotopic (exact) mass is 242 g/mol. The molecule has 2 aromatic rings. The molecule has 4 heteroatoms. The van der Waals surface area contributed by atoms with Crippen LogP contribution in [0.3, 0.4) is 0 Å². The van der Waals surface area contributed by atoms with Crippen molar-refractivity contribution in [1.29, 1.82) is 0 Å². The first-order valence-corrected chi connectivity index (χ1v) is 6.30. The molecule has 0 amide bonds. The molecule has 2 atom stereocenters. The van der Waals surface area contributed by atoms with E-state index in [1.807, 2.05) is 12.3 Å². The molecule has 3 rings (SSSR count). The zero-order valence-corrected chi connectivity index (χ0v) is 11.0. The van der Waals surface area contributed by atoms with E-state index in [0.717, 1.165) is 6.54 Å². The van der Waals surface area contributed by atoms with Gasteiger partial charge in [0.25, 0.3) is 0 Å². The van der Waals surface area contributed by atoms with Crippen LogP contribution in [0, 0.1) is 0 Å². The molecule has 0 unspecified atom stereocenters.